The first kappa shape index (κ1) is 16.9. The number of alkyl halides is 3. The number of benzene rings is 1. The third-order valence-corrected chi connectivity index (χ3v) is 3.78. The lowest BCUT2D eigenvalue weighted by molar-refractivity contribution is -0.141. The second-order valence-electron chi connectivity index (χ2n) is 4.27. The quantitative estimate of drug-likeness (QED) is 0.818. The predicted octanol–water partition coefficient (Wildman–Crippen LogP) is 3.56. The smallest absolute Gasteiger partial charge is 0.303 e. The molecule has 0 unspecified atom stereocenters. The number of halogens is 6. The molecule has 0 saturated heterocycles. The van der Waals surface area contributed by atoms with E-state index in [1.165, 1.54) is 12.1 Å². The molecule has 4 nitrogen and oxygen atoms in total. The molecule has 0 aliphatic heterocycles. The topological polar surface area (TPSA) is 54.9 Å². The summed E-state index contributed by atoms with van der Waals surface area (Å²) in [6, 6.07) is 3.01. The summed E-state index contributed by atoms with van der Waals surface area (Å²) in [7, 11) is 0. The van der Waals surface area contributed by atoms with Crippen molar-refractivity contribution in [1.29, 1.82) is 0 Å². The molecule has 1 heterocycles. The van der Waals surface area contributed by atoms with E-state index in [-0.39, 0.29) is 27.2 Å². The van der Waals surface area contributed by atoms with Crippen molar-refractivity contribution in [3.63, 3.8) is 0 Å². The monoisotopic (exact) mass is 372 g/mol. The molecule has 0 spiro atoms. The fourth-order valence-electron chi connectivity index (χ4n) is 1.72. The highest BCUT2D eigenvalue weighted by Gasteiger charge is 2.32. The Kier molecular flexibility index (Phi) is 4.60. The van der Waals surface area contributed by atoms with E-state index in [0.717, 1.165) is 0 Å². The van der Waals surface area contributed by atoms with Gasteiger partial charge in [-0.15, -0.1) is 0 Å². The SMILES string of the molecule is O=c1cc(C(F)(F)F)[nH]c(=O)n1Cc1cc(Cl)cc(Cl)c1Cl. The molecular formula is C12H6Cl3F3N2O2. The molecule has 0 saturated carbocycles. The van der Waals surface area contributed by atoms with Crippen LogP contribution in [-0.4, -0.2) is 9.55 Å². The van der Waals surface area contributed by atoms with E-state index in [9.17, 15) is 22.8 Å². The van der Waals surface area contributed by atoms with Crippen LogP contribution in [0, 0.1) is 0 Å². The number of rotatable bonds is 2. The van der Waals surface area contributed by atoms with Gasteiger partial charge in [0.25, 0.3) is 5.56 Å². The van der Waals surface area contributed by atoms with E-state index in [4.69, 9.17) is 34.8 Å². The highest BCUT2D eigenvalue weighted by molar-refractivity contribution is 6.43. The molecule has 0 fully saturated rings. The van der Waals surface area contributed by atoms with Crippen molar-refractivity contribution < 1.29 is 13.2 Å². The molecule has 2 rings (SSSR count). The molecule has 1 aromatic heterocycles. The van der Waals surface area contributed by atoms with Crippen LogP contribution in [0.15, 0.2) is 27.8 Å². The Labute approximate surface area is 136 Å². The fraction of sp³-hybridized carbons (Fsp3) is 0.167. The maximum absolute atomic E-state index is 12.5. The summed E-state index contributed by atoms with van der Waals surface area (Å²) in [5.74, 6) is 0. The molecule has 0 aliphatic rings. The molecule has 0 radical (unpaired) electrons. The van der Waals surface area contributed by atoms with Crippen LogP contribution in [0.1, 0.15) is 11.3 Å². The van der Waals surface area contributed by atoms with E-state index >= 15 is 0 Å². The largest absolute Gasteiger partial charge is 0.431 e. The van der Waals surface area contributed by atoms with Crippen molar-refractivity contribution in [3.05, 3.63) is 65.4 Å². The van der Waals surface area contributed by atoms with Gasteiger partial charge in [0.1, 0.15) is 5.69 Å². The standard InChI is InChI=1S/C12H6Cl3F3N2O2/c13-6-1-5(10(15)7(14)2-6)4-20-9(21)3-8(12(16,17)18)19-11(20)22/h1-3H,4H2,(H,19,22). The van der Waals surface area contributed by atoms with Gasteiger partial charge in [0, 0.05) is 11.1 Å². The summed E-state index contributed by atoms with van der Waals surface area (Å²) in [6.45, 7) is -0.370. The molecule has 1 N–H and O–H groups in total. The highest BCUT2D eigenvalue weighted by atomic mass is 35.5. The zero-order chi connectivity index (χ0) is 16.7. The molecule has 118 valence electrons. The number of hydrogen-bond donors (Lipinski definition) is 1. The third-order valence-electron chi connectivity index (χ3n) is 2.72. The van der Waals surface area contributed by atoms with Crippen molar-refractivity contribution >= 4 is 34.8 Å². The van der Waals surface area contributed by atoms with Crippen molar-refractivity contribution in [2.45, 2.75) is 12.7 Å². The minimum absolute atomic E-state index is 0.0530. The van der Waals surface area contributed by atoms with Gasteiger partial charge < -0.3 is 4.98 Å². The lowest BCUT2D eigenvalue weighted by Crippen LogP contribution is -2.37. The number of aromatic amines is 1. The maximum Gasteiger partial charge on any atom is 0.431 e. The van der Waals surface area contributed by atoms with Gasteiger partial charge in [0.15, 0.2) is 0 Å². The first-order valence-corrected chi connectivity index (χ1v) is 6.78. The van der Waals surface area contributed by atoms with Gasteiger partial charge in [-0.3, -0.25) is 9.36 Å². The van der Waals surface area contributed by atoms with Gasteiger partial charge in [0.2, 0.25) is 0 Å². The molecule has 10 heteroatoms. The van der Waals surface area contributed by atoms with Gasteiger partial charge >= 0.3 is 11.9 Å². The van der Waals surface area contributed by atoms with E-state index < -0.39 is 23.1 Å². The number of nitrogens with one attached hydrogen (secondary N) is 1. The van der Waals surface area contributed by atoms with Crippen LogP contribution in [0.5, 0.6) is 0 Å². The first-order chi connectivity index (χ1) is 10.1. The molecule has 22 heavy (non-hydrogen) atoms. The Morgan fingerprint density at radius 2 is 1.73 bits per heavy atom. The van der Waals surface area contributed by atoms with Gasteiger partial charge in [-0.05, 0) is 17.7 Å². The summed E-state index contributed by atoms with van der Waals surface area (Å²) in [5.41, 5.74) is -3.53. The Morgan fingerprint density at radius 1 is 1.09 bits per heavy atom. The van der Waals surface area contributed by atoms with Crippen molar-refractivity contribution in [1.82, 2.24) is 9.55 Å². The minimum Gasteiger partial charge on any atom is -0.303 e. The molecule has 1 aromatic carbocycles. The normalized spacial score (nSPS) is 11.7. The van der Waals surface area contributed by atoms with Crippen molar-refractivity contribution in [2.24, 2.45) is 0 Å². The lowest BCUT2D eigenvalue weighted by Gasteiger charge is -2.10. The van der Waals surface area contributed by atoms with E-state index in [0.29, 0.717) is 10.6 Å². The van der Waals surface area contributed by atoms with Crippen LogP contribution in [0.2, 0.25) is 15.1 Å². The van der Waals surface area contributed by atoms with Crippen LogP contribution < -0.4 is 11.2 Å². The molecule has 0 bridgehead atoms. The van der Waals surface area contributed by atoms with Gasteiger partial charge in [-0.1, -0.05) is 34.8 Å². The molecule has 2 aromatic rings. The molecule has 0 aliphatic carbocycles. The van der Waals surface area contributed by atoms with Crippen LogP contribution in [-0.2, 0) is 12.7 Å². The Bertz CT molecular complexity index is 812. The van der Waals surface area contributed by atoms with Crippen molar-refractivity contribution in [2.75, 3.05) is 0 Å². The van der Waals surface area contributed by atoms with Gasteiger partial charge in [0.05, 0.1) is 16.6 Å². The zero-order valence-electron chi connectivity index (χ0n) is 10.5. The molecular weight excluding hydrogens is 367 g/mol. The summed E-state index contributed by atoms with van der Waals surface area (Å²) in [5, 5.41) is 0.360. The summed E-state index contributed by atoms with van der Waals surface area (Å²) < 4.78 is 38.1. The lowest BCUT2D eigenvalue weighted by atomic mass is 10.2. The second kappa shape index (κ2) is 5.98. The van der Waals surface area contributed by atoms with E-state index in [2.05, 4.69) is 0 Å². The summed E-state index contributed by atoms with van der Waals surface area (Å²) >= 11 is 17.5. The van der Waals surface area contributed by atoms with Gasteiger partial charge in [-0.2, -0.15) is 13.2 Å². The average Bonchev–Trinajstić information content (AvgIpc) is 2.37. The average molecular weight is 374 g/mol. The predicted molar refractivity (Wildman–Crippen MR) is 76.9 cm³/mol. The zero-order valence-corrected chi connectivity index (χ0v) is 12.7. The third kappa shape index (κ3) is 3.48. The van der Waals surface area contributed by atoms with Crippen LogP contribution in [0.25, 0.3) is 0 Å². The number of nitrogens with zero attached hydrogens (tertiary/aromatic N) is 1. The Balaban J connectivity index is 2.53. The summed E-state index contributed by atoms with van der Waals surface area (Å²) in [6.07, 6.45) is -4.82. The number of hydrogen-bond acceptors (Lipinski definition) is 2. The number of aromatic nitrogens is 2. The van der Waals surface area contributed by atoms with E-state index in [1.54, 1.807) is 4.98 Å². The van der Waals surface area contributed by atoms with Crippen LogP contribution >= 0.6 is 34.8 Å². The highest BCUT2D eigenvalue weighted by Crippen LogP contribution is 2.30. The number of H-pyrrole nitrogens is 1. The second-order valence-corrected chi connectivity index (χ2v) is 5.49. The van der Waals surface area contributed by atoms with Crippen LogP contribution in [0.4, 0.5) is 13.2 Å². The Hall–Kier alpha value is -1.44. The van der Waals surface area contributed by atoms with Gasteiger partial charge in [-0.25, -0.2) is 4.79 Å². The van der Waals surface area contributed by atoms with Crippen molar-refractivity contribution in [3.8, 4) is 0 Å². The maximum atomic E-state index is 12.5. The minimum atomic E-state index is -4.82. The van der Waals surface area contributed by atoms with Crippen LogP contribution in [0.3, 0.4) is 0 Å². The fourth-order valence-corrected chi connectivity index (χ4v) is 2.42. The molecule has 0 atom stereocenters. The first-order valence-electron chi connectivity index (χ1n) is 5.64. The Morgan fingerprint density at radius 3 is 2.27 bits per heavy atom. The summed E-state index contributed by atoms with van der Waals surface area (Å²) in [4.78, 5) is 25.0. The molecule has 0 amide bonds. The van der Waals surface area contributed by atoms with E-state index in [1.807, 2.05) is 0 Å².